The summed E-state index contributed by atoms with van der Waals surface area (Å²) < 4.78 is 13.0. The van der Waals surface area contributed by atoms with Gasteiger partial charge in [0.1, 0.15) is 11.5 Å². The molecule has 0 aromatic heterocycles. The fraction of sp³-hybridized carbons (Fsp3) is 0.179. The number of nitrogens with one attached hydrogen (secondary N) is 1. The molecule has 0 unspecified atom stereocenters. The molecule has 0 aliphatic carbocycles. The Morgan fingerprint density at radius 3 is 2.50 bits per heavy atom. The Labute approximate surface area is 227 Å². The molecule has 3 aromatic carbocycles. The standard InChI is InChI=1S/C28H26Br2N2O4/c1-18(2)23-15-24(30)19(3)13-26(23)35-17-27(33)32-31-16-21-14-22(29)10-11-25(21)36-28(34)12-9-20-7-5-4-6-8-20/h4-16,18H,17H2,1-3H3,(H,32,33). The van der Waals surface area contributed by atoms with Crippen molar-refractivity contribution in [3.8, 4) is 11.5 Å². The smallest absolute Gasteiger partial charge is 0.336 e. The van der Waals surface area contributed by atoms with Gasteiger partial charge in [0, 0.05) is 20.6 Å². The number of ether oxygens (including phenoxy) is 2. The van der Waals surface area contributed by atoms with Crippen molar-refractivity contribution < 1.29 is 19.1 Å². The lowest BCUT2D eigenvalue weighted by Crippen LogP contribution is -2.25. The second-order valence-electron chi connectivity index (χ2n) is 8.22. The van der Waals surface area contributed by atoms with Crippen LogP contribution in [0.3, 0.4) is 0 Å². The summed E-state index contributed by atoms with van der Waals surface area (Å²) in [6.07, 6.45) is 4.44. The molecule has 1 amide bonds. The molecule has 0 heterocycles. The van der Waals surface area contributed by atoms with Crippen LogP contribution in [0.5, 0.6) is 11.5 Å². The summed E-state index contributed by atoms with van der Waals surface area (Å²) in [6, 6.07) is 18.5. The van der Waals surface area contributed by atoms with Gasteiger partial charge in [-0.2, -0.15) is 5.10 Å². The highest BCUT2D eigenvalue weighted by Crippen LogP contribution is 2.32. The van der Waals surface area contributed by atoms with Crippen LogP contribution in [-0.4, -0.2) is 24.7 Å². The highest BCUT2D eigenvalue weighted by molar-refractivity contribution is 9.10. The van der Waals surface area contributed by atoms with Gasteiger partial charge in [0.2, 0.25) is 0 Å². The van der Waals surface area contributed by atoms with E-state index in [2.05, 4.69) is 56.2 Å². The fourth-order valence-corrected chi connectivity index (χ4v) is 3.92. The molecule has 8 heteroatoms. The highest BCUT2D eigenvalue weighted by atomic mass is 79.9. The first kappa shape index (κ1) is 27.4. The van der Waals surface area contributed by atoms with Gasteiger partial charge in [-0.15, -0.1) is 0 Å². The molecule has 0 radical (unpaired) electrons. The monoisotopic (exact) mass is 612 g/mol. The Hall–Kier alpha value is -3.23. The summed E-state index contributed by atoms with van der Waals surface area (Å²) >= 11 is 6.94. The van der Waals surface area contributed by atoms with Gasteiger partial charge < -0.3 is 9.47 Å². The highest BCUT2D eigenvalue weighted by Gasteiger charge is 2.13. The van der Waals surface area contributed by atoms with Gasteiger partial charge in [-0.05, 0) is 65.9 Å². The molecule has 0 bridgehead atoms. The third-order valence-electron chi connectivity index (χ3n) is 5.06. The van der Waals surface area contributed by atoms with Crippen molar-refractivity contribution in [2.75, 3.05) is 6.61 Å². The third kappa shape index (κ3) is 8.17. The maximum atomic E-state index is 12.3. The lowest BCUT2D eigenvalue weighted by atomic mass is 10.0. The van der Waals surface area contributed by atoms with E-state index >= 15 is 0 Å². The van der Waals surface area contributed by atoms with Gasteiger partial charge in [-0.3, -0.25) is 4.79 Å². The third-order valence-corrected chi connectivity index (χ3v) is 6.41. The average Bonchev–Trinajstić information content (AvgIpc) is 2.85. The van der Waals surface area contributed by atoms with Crippen LogP contribution in [0.15, 0.2) is 80.8 Å². The van der Waals surface area contributed by atoms with Crippen molar-refractivity contribution in [1.82, 2.24) is 5.43 Å². The van der Waals surface area contributed by atoms with Gasteiger partial charge in [0.05, 0.1) is 6.21 Å². The number of nitrogens with zero attached hydrogens (tertiary/aromatic N) is 1. The summed E-state index contributed by atoms with van der Waals surface area (Å²) in [5.41, 5.74) is 5.87. The summed E-state index contributed by atoms with van der Waals surface area (Å²) in [6.45, 7) is 5.90. The Balaban J connectivity index is 1.61. The number of rotatable bonds is 9. The number of amides is 1. The molecule has 0 aliphatic rings. The maximum absolute atomic E-state index is 12.3. The first-order valence-electron chi connectivity index (χ1n) is 11.2. The van der Waals surface area contributed by atoms with E-state index in [0.717, 1.165) is 25.6 Å². The Morgan fingerprint density at radius 2 is 1.78 bits per heavy atom. The second-order valence-corrected chi connectivity index (χ2v) is 9.99. The minimum absolute atomic E-state index is 0.192. The van der Waals surface area contributed by atoms with E-state index in [1.165, 1.54) is 12.3 Å². The van der Waals surface area contributed by atoms with Crippen molar-refractivity contribution in [3.05, 3.63) is 97.9 Å². The number of carbonyl (C=O) groups excluding carboxylic acids is 2. The molecule has 0 spiro atoms. The van der Waals surface area contributed by atoms with Crippen molar-refractivity contribution in [2.45, 2.75) is 26.7 Å². The molecule has 3 aromatic rings. The predicted octanol–water partition coefficient (Wildman–Crippen LogP) is 6.79. The van der Waals surface area contributed by atoms with Crippen LogP contribution in [0, 0.1) is 6.92 Å². The molecule has 36 heavy (non-hydrogen) atoms. The van der Waals surface area contributed by atoms with E-state index in [9.17, 15) is 9.59 Å². The van der Waals surface area contributed by atoms with Crippen LogP contribution in [0.4, 0.5) is 0 Å². The van der Waals surface area contributed by atoms with Crippen LogP contribution >= 0.6 is 31.9 Å². The number of esters is 1. The van der Waals surface area contributed by atoms with Crippen LogP contribution < -0.4 is 14.9 Å². The zero-order chi connectivity index (χ0) is 26.1. The van der Waals surface area contributed by atoms with Gasteiger partial charge in [-0.25, -0.2) is 10.2 Å². The van der Waals surface area contributed by atoms with Crippen molar-refractivity contribution in [1.29, 1.82) is 0 Å². The number of halogens is 2. The van der Waals surface area contributed by atoms with Crippen LogP contribution in [0.2, 0.25) is 0 Å². The van der Waals surface area contributed by atoms with Crippen LogP contribution in [-0.2, 0) is 9.59 Å². The van der Waals surface area contributed by atoms with Crippen molar-refractivity contribution >= 4 is 56.0 Å². The lowest BCUT2D eigenvalue weighted by molar-refractivity contribution is -0.129. The molecular weight excluding hydrogens is 588 g/mol. The van der Waals surface area contributed by atoms with E-state index in [0.29, 0.717) is 17.1 Å². The Bertz CT molecular complexity index is 1290. The number of hydrogen-bond acceptors (Lipinski definition) is 5. The van der Waals surface area contributed by atoms with Gasteiger partial charge >= 0.3 is 5.97 Å². The predicted molar refractivity (Wildman–Crippen MR) is 149 cm³/mol. The summed E-state index contributed by atoms with van der Waals surface area (Å²) in [4.78, 5) is 24.6. The van der Waals surface area contributed by atoms with Crippen molar-refractivity contribution in [3.63, 3.8) is 0 Å². The minimum atomic E-state index is -0.529. The van der Waals surface area contributed by atoms with Crippen LogP contribution in [0.1, 0.15) is 42.0 Å². The molecule has 186 valence electrons. The number of benzene rings is 3. The Morgan fingerprint density at radius 1 is 1.03 bits per heavy atom. The van der Waals surface area contributed by atoms with Crippen molar-refractivity contribution in [2.24, 2.45) is 5.10 Å². The molecule has 6 nitrogen and oxygen atoms in total. The first-order valence-corrected chi connectivity index (χ1v) is 12.8. The average molecular weight is 614 g/mol. The number of aryl methyl sites for hydroxylation is 1. The quantitative estimate of drug-likeness (QED) is 0.0947. The van der Waals surface area contributed by atoms with E-state index in [4.69, 9.17) is 9.47 Å². The number of hydrogen-bond donors (Lipinski definition) is 1. The zero-order valence-electron chi connectivity index (χ0n) is 20.1. The largest absolute Gasteiger partial charge is 0.483 e. The SMILES string of the molecule is Cc1cc(OCC(=O)NN=Cc2cc(Br)ccc2OC(=O)C=Cc2ccccc2)c(C(C)C)cc1Br. The van der Waals surface area contributed by atoms with Gasteiger partial charge in [-0.1, -0.05) is 76.0 Å². The minimum Gasteiger partial charge on any atom is -0.483 e. The molecule has 0 saturated heterocycles. The van der Waals surface area contributed by atoms with Crippen LogP contribution in [0.25, 0.3) is 6.08 Å². The molecule has 0 saturated carbocycles. The van der Waals surface area contributed by atoms with E-state index < -0.39 is 11.9 Å². The topological polar surface area (TPSA) is 77.0 Å². The van der Waals surface area contributed by atoms with Gasteiger partial charge in [0.25, 0.3) is 5.91 Å². The zero-order valence-corrected chi connectivity index (χ0v) is 23.3. The molecule has 0 fully saturated rings. The summed E-state index contributed by atoms with van der Waals surface area (Å²) in [5.74, 6) is 0.259. The van der Waals surface area contributed by atoms with E-state index in [1.807, 2.05) is 49.4 Å². The molecule has 3 rings (SSSR count). The second kappa shape index (κ2) is 13.2. The van der Waals surface area contributed by atoms with E-state index in [1.54, 1.807) is 24.3 Å². The van der Waals surface area contributed by atoms with E-state index in [-0.39, 0.29) is 12.5 Å². The normalized spacial score (nSPS) is 11.3. The summed E-state index contributed by atoms with van der Waals surface area (Å²) in [7, 11) is 0. The van der Waals surface area contributed by atoms with Gasteiger partial charge in [0.15, 0.2) is 6.61 Å². The number of carbonyl (C=O) groups is 2. The maximum Gasteiger partial charge on any atom is 0.336 e. The first-order chi connectivity index (χ1) is 17.2. The lowest BCUT2D eigenvalue weighted by Gasteiger charge is -2.15. The number of hydrazone groups is 1. The molecule has 0 aliphatic heterocycles. The molecule has 0 atom stereocenters. The molecule has 1 N–H and O–H groups in total. The fourth-order valence-electron chi connectivity index (χ4n) is 3.18. The Kier molecular flexibility index (Phi) is 10.0. The summed E-state index contributed by atoms with van der Waals surface area (Å²) in [5, 5.41) is 4.00. The molecular formula is C28H26Br2N2O4.